The fourth-order valence-corrected chi connectivity index (χ4v) is 0.700. The van der Waals surface area contributed by atoms with Gasteiger partial charge in [-0.1, -0.05) is 0 Å². The van der Waals surface area contributed by atoms with E-state index >= 15 is 0 Å². The van der Waals surface area contributed by atoms with Crippen LogP contribution < -0.4 is 0 Å². The first-order valence-electron chi connectivity index (χ1n) is 1.64. The standard InChI is InChI=1S/C3H3NO2S/c5-3-1-4-2-7(3)6/h1-2,5H. The summed E-state index contributed by atoms with van der Waals surface area (Å²) in [5.74, 6) is 0. The van der Waals surface area contributed by atoms with Crippen molar-refractivity contribution in [1.29, 1.82) is 0 Å². The molecule has 0 aliphatic carbocycles. The molecule has 1 N–H and O–H groups in total. The van der Waals surface area contributed by atoms with E-state index in [2.05, 4.69) is 4.99 Å². The van der Waals surface area contributed by atoms with Gasteiger partial charge in [0.1, 0.15) is 10.8 Å². The lowest BCUT2D eigenvalue weighted by Gasteiger charge is -1.78. The van der Waals surface area contributed by atoms with Crippen molar-refractivity contribution in [1.82, 2.24) is 0 Å². The summed E-state index contributed by atoms with van der Waals surface area (Å²) in [6, 6.07) is 0. The molecule has 1 rings (SSSR count). The zero-order valence-corrected chi connectivity index (χ0v) is 4.18. The molecule has 1 atom stereocenters. The van der Waals surface area contributed by atoms with E-state index in [1.165, 1.54) is 5.55 Å². The predicted octanol–water partition coefficient (Wildman–Crippen LogP) is 0.134. The molecule has 0 aromatic rings. The Morgan fingerprint density at radius 2 is 2.57 bits per heavy atom. The third-order valence-corrected chi connectivity index (χ3v) is 1.38. The lowest BCUT2D eigenvalue weighted by Crippen LogP contribution is -1.86. The van der Waals surface area contributed by atoms with Crippen LogP contribution in [-0.4, -0.2) is 14.9 Å². The molecule has 0 aromatic carbocycles. The first kappa shape index (κ1) is 4.52. The summed E-state index contributed by atoms with van der Waals surface area (Å²) in [4.78, 5) is 3.41. The Hall–Kier alpha value is -0.640. The molecular weight excluding hydrogens is 114 g/mol. The van der Waals surface area contributed by atoms with E-state index in [0.29, 0.717) is 0 Å². The average molecular weight is 117 g/mol. The summed E-state index contributed by atoms with van der Waals surface area (Å²) in [6.07, 6.45) is 1.16. The molecule has 3 nitrogen and oxygen atoms in total. The summed E-state index contributed by atoms with van der Waals surface area (Å²) < 4.78 is 10.2. The average Bonchev–Trinajstić information content (AvgIpc) is 1.91. The molecule has 0 spiro atoms. The van der Waals surface area contributed by atoms with E-state index < -0.39 is 10.8 Å². The Labute approximate surface area is 42.8 Å². The van der Waals surface area contributed by atoms with Crippen molar-refractivity contribution in [3.8, 4) is 0 Å². The summed E-state index contributed by atoms with van der Waals surface area (Å²) >= 11 is 0. The molecular formula is C3H3NO2S. The lowest BCUT2D eigenvalue weighted by molar-refractivity contribution is 0.451. The molecule has 4 heteroatoms. The topological polar surface area (TPSA) is 49.7 Å². The van der Waals surface area contributed by atoms with Gasteiger partial charge in [0.2, 0.25) is 5.09 Å². The van der Waals surface area contributed by atoms with Crippen molar-refractivity contribution in [2.45, 2.75) is 0 Å². The van der Waals surface area contributed by atoms with Crippen LogP contribution in [-0.2, 0) is 10.8 Å². The number of aliphatic hydroxyl groups is 1. The maximum Gasteiger partial charge on any atom is 0.205 e. The smallest absolute Gasteiger partial charge is 0.205 e. The van der Waals surface area contributed by atoms with Crippen molar-refractivity contribution in [3.05, 3.63) is 11.3 Å². The minimum absolute atomic E-state index is 0.167. The van der Waals surface area contributed by atoms with Crippen LogP contribution in [0.25, 0.3) is 0 Å². The highest BCUT2D eigenvalue weighted by molar-refractivity contribution is 8.02. The molecule has 0 saturated carbocycles. The van der Waals surface area contributed by atoms with Gasteiger partial charge in [0.15, 0.2) is 0 Å². The van der Waals surface area contributed by atoms with E-state index in [0.717, 1.165) is 6.20 Å². The van der Waals surface area contributed by atoms with Gasteiger partial charge < -0.3 is 5.11 Å². The normalized spacial score (nSPS) is 28.0. The largest absolute Gasteiger partial charge is 0.499 e. The molecule has 1 unspecified atom stereocenters. The molecule has 0 amide bonds. The van der Waals surface area contributed by atoms with Crippen LogP contribution in [0.1, 0.15) is 0 Å². The molecule has 1 aliphatic rings. The summed E-state index contributed by atoms with van der Waals surface area (Å²) in [5, 5.41) is 8.27. The van der Waals surface area contributed by atoms with Crippen LogP contribution in [0.4, 0.5) is 0 Å². The van der Waals surface area contributed by atoms with Gasteiger partial charge in [0.25, 0.3) is 0 Å². The van der Waals surface area contributed by atoms with Gasteiger partial charge >= 0.3 is 0 Å². The molecule has 1 aliphatic heterocycles. The van der Waals surface area contributed by atoms with Crippen LogP contribution in [0.2, 0.25) is 0 Å². The van der Waals surface area contributed by atoms with Crippen LogP contribution in [0, 0.1) is 0 Å². The van der Waals surface area contributed by atoms with Crippen molar-refractivity contribution in [3.63, 3.8) is 0 Å². The highest BCUT2D eigenvalue weighted by atomic mass is 32.2. The Morgan fingerprint density at radius 1 is 1.86 bits per heavy atom. The molecule has 0 saturated heterocycles. The monoisotopic (exact) mass is 117 g/mol. The third kappa shape index (κ3) is 0.691. The van der Waals surface area contributed by atoms with Crippen molar-refractivity contribution < 1.29 is 9.32 Å². The fraction of sp³-hybridized carbons (Fsp3) is 0. The predicted molar refractivity (Wildman–Crippen MR) is 27.3 cm³/mol. The first-order chi connectivity index (χ1) is 3.30. The minimum Gasteiger partial charge on any atom is -0.499 e. The molecule has 7 heavy (non-hydrogen) atoms. The highest BCUT2D eigenvalue weighted by Crippen LogP contribution is 2.00. The summed E-state index contributed by atoms with van der Waals surface area (Å²) in [7, 11) is -1.34. The molecule has 0 aromatic heterocycles. The van der Waals surface area contributed by atoms with Gasteiger partial charge in [-0.3, -0.25) is 4.99 Å². The zero-order valence-electron chi connectivity index (χ0n) is 3.37. The lowest BCUT2D eigenvalue weighted by atomic mass is 11.0. The van der Waals surface area contributed by atoms with Crippen LogP contribution in [0.15, 0.2) is 16.3 Å². The minimum atomic E-state index is -1.34. The van der Waals surface area contributed by atoms with Crippen LogP contribution in [0.5, 0.6) is 0 Å². The van der Waals surface area contributed by atoms with Gasteiger partial charge in [0.05, 0.1) is 11.7 Å². The van der Waals surface area contributed by atoms with Crippen LogP contribution in [0.3, 0.4) is 0 Å². The maximum atomic E-state index is 10.2. The highest BCUT2D eigenvalue weighted by Gasteiger charge is 2.04. The Kier molecular flexibility index (Phi) is 0.941. The summed E-state index contributed by atoms with van der Waals surface area (Å²) in [6.45, 7) is 0. The zero-order chi connectivity index (χ0) is 5.28. The molecule has 38 valence electrons. The number of hydrogen-bond acceptors (Lipinski definition) is 3. The number of hydrogen-bond donors (Lipinski definition) is 1. The van der Waals surface area contributed by atoms with Crippen molar-refractivity contribution >= 4 is 16.3 Å². The molecule has 1 heterocycles. The fourth-order valence-electron chi connectivity index (χ4n) is 0.255. The second-order valence-electron chi connectivity index (χ2n) is 1.02. The molecule has 0 fully saturated rings. The molecule has 0 bridgehead atoms. The number of aliphatic hydroxyl groups excluding tert-OH is 1. The van der Waals surface area contributed by atoms with E-state index in [1.54, 1.807) is 0 Å². The Balaban J connectivity index is 2.89. The van der Waals surface area contributed by atoms with Gasteiger partial charge in [-0.2, -0.15) is 0 Å². The second-order valence-corrected chi connectivity index (χ2v) is 2.24. The second kappa shape index (κ2) is 1.46. The third-order valence-electron chi connectivity index (χ3n) is 0.548. The van der Waals surface area contributed by atoms with Crippen molar-refractivity contribution in [2.75, 3.05) is 0 Å². The van der Waals surface area contributed by atoms with Crippen molar-refractivity contribution in [2.24, 2.45) is 4.99 Å². The maximum absolute atomic E-state index is 10.2. The number of rotatable bonds is 0. The molecule has 0 radical (unpaired) electrons. The van der Waals surface area contributed by atoms with Crippen LogP contribution >= 0.6 is 0 Å². The number of nitrogens with zero attached hydrogens (tertiary/aromatic N) is 1. The van der Waals surface area contributed by atoms with Gasteiger partial charge in [-0.05, 0) is 0 Å². The van der Waals surface area contributed by atoms with E-state index in [-0.39, 0.29) is 5.09 Å². The Morgan fingerprint density at radius 3 is 2.71 bits per heavy atom. The van der Waals surface area contributed by atoms with E-state index in [1.807, 2.05) is 0 Å². The quantitative estimate of drug-likeness (QED) is 0.490. The van der Waals surface area contributed by atoms with Gasteiger partial charge in [-0.15, -0.1) is 0 Å². The number of aliphatic imine (C=N–C) groups is 1. The SMILES string of the molecule is O=S1C=NC=C1O. The van der Waals surface area contributed by atoms with E-state index in [4.69, 9.17) is 5.11 Å². The first-order valence-corrected chi connectivity index (χ1v) is 2.85. The van der Waals surface area contributed by atoms with Gasteiger partial charge in [-0.25, -0.2) is 4.21 Å². The Bertz CT molecular complexity index is 160. The van der Waals surface area contributed by atoms with Gasteiger partial charge in [0, 0.05) is 0 Å². The van der Waals surface area contributed by atoms with E-state index in [9.17, 15) is 4.21 Å². The summed E-state index contributed by atoms with van der Waals surface area (Å²) in [5.41, 5.74) is 1.18.